The van der Waals surface area contributed by atoms with Crippen LogP contribution in [-0.2, 0) is 4.74 Å². The smallest absolute Gasteiger partial charge is 0.410 e. The standard InChI is InChI=1S/C14H21BrN6O3/c1-14(2,3)24-13(22)21-6-4-20(5-7-21)12-11(17-9-18-23)19-10(15)8-16-12/h8-9,23H,4-7H2,1-3H3,(H,17,18,19). The number of carbonyl (C=O) groups is 1. The van der Waals surface area contributed by atoms with Crippen LogP contribution in [0.3, 0.4) is 0 Å². The number of rotatable bonds is 3. The molecule has 0 atom stereocenters. The molecule has 0 aliphatic carbocycles. The number of ether oxygens (including phenoxy) is 1. The van der Waals surface area contributed by atoms with Crippen molar-refractivity contribution in [1.82, 2.24) is 20.3 Å². The zero-order valence-electron chi connectivity index (χ0n) is 13.9. The fourth-order valence-electron chi connectivity index (χ4n) is 2.18. The van der Waals surface area contributed by atoms with Gasteiger partial charge in [-0.25, -0.2) is 19.8 Å². The zero-order chi connectivity index (χ0) is 17.7. The number of aliphatic imine (C=N–C) groups is 1. The fourth-order valence-corrected chi connectivity index (χ4v) is 2.45. The lowest BCUT2D eigenvalue weighted by Gasteiger charge is -2.36. The Morgan fingerprint density at radius 2 is 2.08 bits per heavy atom. The van der Waals surface area contributed by atoms with E-state index in [1.807, 2.05) is 31.2 Å². The van der Waals surface area contributed by atoms with Crippen LogP contribution in [0.15, 0.2) is 15.8 Å². The van der Waals surface area contributed by atoms with Crippen molar-refractivity contribution in [2.45, 2.75) is 26.4 Å². The molecule has 1 aliphatic heterocycles. The predicted octanol–water partition coefficient (Wildman–Crippen LogP) is 1.93. The molecular weight excluding hydrogens is 380 g/mol. The van der Waals surface area contributed by atoms with E-state index in [0.717, 1.165) is 6.34 Å². The van der Waals surface area contributed by atoms with Crippen LogP contribution in [-0.4, -0.2) is 64.3 Å². The summed E-state index contributed by atoms with van der Waals surface area (Å²) in [6.45, 7) is 7.76. The van der Waals surface area contributed by atoms with Crippen LogP contribution >= 0.6 is 15.9 Å². The third-order valence-corrected chi connectivity index (χ3v) is 3.56. The van der Waals surface area contributed by atoms with Crippen LogP contribution in [0.2, 0.25) is 0 Å². The second-order valence-corrected chi connectivity index (χ2v) is 6.99. The number of hydrogen-bond donors (Lipinski definition) is 2. The summed E-state index contributed by atoms with van der Waals surface area (Å²) < 4.78 is 5.93. The molecule has 0 saturated carbocycles. The molecule has 1 saturated heterocycles. The van der Waals surface area contributed by atoms with Gasteiger partial charge in [0.25, 0.3) is 0 Å². The van der Waals surface area contributed by atoms with E-state index in [0.29, 0.717) is 42.4 Å². The minimum Gasteiger partial charge on any atom is -0.444 e. The molecule has 9 nitrogen and oxygen atoms in total. The summed E-state index contributed by atoms with van der Waals surface area (Å²) in [4.78, 5) is 28.4. The molecule has 2 heterocycles. The molecule has 1 aromatic rings. The number of piperazine rings is 1. The lowest BCUT2D eigenvalue weighted by Crippen LogP contribution is -2.50. The normalized spacial score (nSPS) is 15.7. The van der Waals surface area contributed by atoms with Gasteiger partial charge in [-0.05, 0) is 36.7 Å². The Morgan fingerprint density at radius 3 is 2.67 bits per heavy atom. The van der Waals surface area contributed by atoms with Crippen molar-refractivity contribution in [1.29, 1.82) is 0 Å². The first kappa shape index (κ1) is 18.4. The highest BCUT2D eigenvalue weighted by Crippen LogP contribution is 2.26. The Hall–Kier alpha value is -1.94. The van der Waals surface area contributed by atoms with Gasteiger partial charge in [0.2, 0.25) is 0 Å². The minimum atomic E-state index is -0.509. The highest BCUT2D eigenvalue weighted by molar-refractivity contribution is 9.10. The molecule has 1 aliphatic rings. The number of hydrogen-bond acceptors (Lipinski definition) is 7. The third-order valence-electron chi connectivity index (χ3n) is 3.18. The van der Waals surface area contributed by atoms with Gasteiger partial charge in [-0.3, -0.25) is 10.7 Å². The van der Waals surface area contributed by atoms with Crippen LogP contribution in [0.5, 0.6) is 0 Å². The van der Waals surface area contributed by atoms with Crippen LogP contribution < -0.4 is 10.4 Å². The number of halogens is 1. The maximum atomic E-state index is 12.1. The van der Waals surface area contributed by atoms with Gasteiger partial charge in [0, 0.05) is 26.2 Å². The van der Waals surface area contributed by atoms with E-state index >= 15 is 0 Å². The minimum absolute atomic E-state index is 0.313. The maximum Gasteiger partial charge on any atom is 0.410 e. The molecule has 132 valence electrons. The molecule has 2 N–H and O–H groups in total. The van der Waals surface area contributed by atoms with Crippen molar-refractivity contribution in [3.63, 3.8) is 0 Å². The summed E-state index contributed by atoms with van der Waals surface area (Å²) in [5, 5.41) is 8.66. The number of hydroxylamine groups is 1. The average molecular weight is 401 g/mol. The summed E-state index contributed by atoms with van der Waals surface area (Å²) in [5.74, 6) is 0.963. The second kappa shape index (κ2) is 7.75. The van der Waals surface area contributed by atoms with E-state index < -0.39 is 5.60 Å². The Bertz CT molecular complexity index is 611. The molecule has 0 bridgehead atoms. The Morgan fingerprint density at radius 1 is 1.42 bits per heavy atom. The van der Waals surface area contributed by atoms with Crippen molar-refractivity contribution < 1.29 is 14.7 Å². The first-order valence-corrected chi connectivity index (χ1v) is 8.27. The molecule has 0 radical (unpaired) electrons. The van der Waals surface area contributed by atoms with Gasteiger partial charge in [-0.1, -0.05) is 0 Å². The van der Waals surface area contributed by atoms with E-state index in [-0.39, 0.29) is 6.09 Å². The van der Waals surface area contributed by atoms with Crippen LogP contribution in [0.25, 0.3) is 0 Å². The Labute approximate surface area is 148 Å². The summed E-state index contributed by atoms with van der Waals surface area (Å²) in [7, 11) is 0. The highest BCUT2D eigenvalue weighted by atomic mass is 79.9. The van der Waals surface area contributed by atoms with Crippen molar-refractivity contribution in [3.05, 3.63) is 10.8 Å². The van der Waals surface area contributed by atoms with Crippen LogP contribution in [0.4, 0.5) is 16.4 Å². The summed E-state index contributed by atoms with van der Waals surface area (Å²) in [6.07, 6.45) is 2.39. The van der Waals surface area contributed by atoms with Gasteiger partial charge in [0.1, 0.15) is 16.5 Å². The Kier molecular flexibility index (Phi) is 5.94. The lowest BCUT2D eigenvalue weighted by molar-refractivity contribution is 0.0240. The molecule has 1 fully saturated rings. The molecule has 24 heavy (non-hydrogen) atoms. The number of nitrogens with zero attached hydrogens (tertiary/aromatic N) is 5. The van der Waals surface area contributed by atoms with Gasteiger partial charge in [-0.15, -0.1) is 0 Å². The number of amides is 1. The number of carbonyl (C=O) groups excluding carboxylic acids is 1. The molecule has 0 spiro atoms. The van der Waals surface area contributed by atoms with E-state index in [2.05, 4.69) is 30.9 Å². The van der Waals surface area contributed by atoms with Crippen LogP contribution in [0.1, 0.15) is 20.8 Å². The summed E-state index contributed by atoms with van der Waals surface area (Å²) in [5.41, 5.74) is 1.34. The predicted molar refractivity (Wildman–Crippen MR) is 92.8 cm³/mol. The quantitative estimate of drug-likeness (QED) is 0.453. The van der Waals surface area contributed by atoms with Crippen molar-refractivity contribution >= 4 is 40.0 Å². The van der Waals surface area contributed by atoms with Gasteiger partial charge >= 0.3 is 6.09 Å². The van der Waals surface area contributed by atoms with Gasteiger partial charge < -0.3 is 14.5 Å². The SMILES string of the molecule is CC(C)(C)OC(=O)N1CCN(c2ncc(Br)nc2/N=C\NO)CC1. The Balaban J connectivity index is 2.04. The molecule has 2 rings (SSSR count). The maximum absolute atomic E-state index is 12.1. The average Bonchev–Trinajstić information content (AvgIpc) is 2.51. The van der Waals surface area contributed by atoms with Crippen molar-refractivity contribution in [2.24, 2.45) is 4.99 Å². The van der Waals surface area contributed by atoms with Crippen molar-refractivity contribution in [3.8, 4) is 0 Å². The number of anilines is 1. The third kappa shape index (κ3) is 5.03. The summed E-state index contributed by atoms with van der Waals surface area (Å²) in [6, 6.07) is 0. The topological polar surface area (TPSA) is 103 Å². The van der Waals surface area contributed by atoms with Crippen LogP contribution in [0, 0.1) is 0 Å². The van der Waals surface area contributed by atoms with Gasteiger partial charge in [0.05, 0.1) is 6.20 Å². The highest BCUT2D eigenvalue weighted by Gasteiger charge is 2.27. The number of nitrogens with one attached hydrogen (secondary N) is 1. The van der Waals surface area contributed by atoms with Gasteiger partial charge in [0.15, 0.2) is 11.6 Å². The van der Waals surface area contributed by atoms with E-state index in [9.17, 15) is 4.79 Å². The first-order valence-electron chi connectivity index (χ1n) is 7.48. The zero-order valence-corrected chi connectivity index (χ0v) is 15.4. The number of aromatic nitrogens is 2. The van der Waals surface area contributed by atoms with E-state index in [4.69, 9.17) is 9.94 Å². The summed E-state index contributed by atoms with van der Waals surface area (Å²) >= 11 is 3.25. The molecule has 0 unspecified atom stereocenters. The van der Waals surface area contributed by atoms with Gasteiger partial charge in [-0.2, -0.15) is 0 Å². The fraction of sp³-hybridized carbons (Fsp3) is 0.571. The molecule has 1 amide bonds. The molecule has 1 aromatic heterocycles. The lowest BCUT2D eigenvalue weighted by atomic mass is 10.2. The molecule has 10 heteroatoms. The molecular formula is C14H21BrN6O3. The van der Waals surface area contributed by atoms with E-state index in [1.54, 1.807) is 11.1 Å². The largest absolute Gasteiger partial charge is 0.444 e. The monoisotopic (exact) mass is 400 g/mol. The second-order valence-electron chi connectivity index (χ2n) is 6.18. The molecule has 0 aromatic carbocycles. The first-order chi connectivity index (χ1) is 11.3. The van der Waals surface area contributed by atoms with Crippen molar-refractivity contribution in [2.75, 3.05) is 31.1 Å². The van der Waals surface area contributed by atoms with E-state index in [1.165, 1.54) is 0 Å².